The summed E-state index contributed by atoms with van der Waals surface area (Å²) >= 11 is 0. The summed E-state index contributed by atoms with van der Waals surface area (Å²) in [6.07, 6.45) is 5.48. The number of anilines is 2. The van der Waals surface area contributed by atoms with E-state index < -0.39 is 0 Å². The molecule has 1 aromatic carbocycles. The van der Waals surface area contributed by atoms with E-state index in [0.29, 0.717) is 11.9 Å². The molecule has 0 saturated heterocycles. The van der Waals surface area contributed by atoms with Crippen molar-refractivity contribution in [1.82, 2.24) is 15.2 Å². The van der Waals surface area contributed by atoms with Gasteiger partial charge in [-0.05, 0) is 37.3 Å². The topological polar surface area (TPSA) is 79.6 Å². The van der Waals surface area contributed by atoms with Crippen molar-refractivity contribution in [2.45, 2.75) is 32.2 Å². The summed E-state index contributed by atoms with van der Waals surface area (Å²) in [4.78, 5) is 4.50. The highest BCUT2D eigenvalue weighted by Crippen LogP contribution is 2.32. The number of nitrogens with two attached hydrogens (primary N) is 1. The smallest absolute Gasteiger partial charge is 0.126 e. The van der Waals surface area contributed by atoms with Crippen LogP contribution in [-0.4, -0.2) is 21.2 Å². The molecule has 2 atom stereocenters. The van der Waals surface area contributed by atoms with Crippen molar-refractivity contribution in [1.29, 1.82) is 0 Å². The van der Waals surface area contributed by atoms with Gasteiger partial charge in [0.15, 0.2) is 0 Å². The van der Waals surface area contributed by atoms with Gasteiger partial charge in [0.2, 0.25) is 0 Å². The molecule has 2 heterocycles. The molecule has 0 radical (unpaired) electrons. The fraction of sp³-hybridized carbons (Fsp3) is 0.333. The Morgan fingerprint density at radius 2 is 2.13 bits per heavy atom. The normalized spacial score (nSPS) is 20.9. The third-order valence-corrected chi connectivity index (χ3v) is 4.70. The van der Waals surface area contributed by atoms with Crippen molar-refractivity contribution < 1.29 is 0 Å². The molecule has 1 saturated carbocycles. The van der Waals surface area contributed by atoms with Crippen LogP contribution in [0, 0.1) is 5.92 Å². The zero-order valence-electron chi connectivity index (χ0n) is 13.2. The highest BCUT2D eigenvalue weighted by Gasteiger charge is 2.21. The Morgan fingerprint density at radius 3 is 2.87 bits per heavy atom. The summed E-state index contributed by atoms with van der Waals surface area (Å²) in [6, 6.07) is 10.7. The average Bonchev–Trinajstić information content (AvgIpc) is 3.18. The fourth-order valence-electron chi connectivity index (χ4n) is 3.51. The number of hydrogen-bond acceptors (Lipinski definition) is 4. The Morgan fingerprint density at radius 1 is 1.22 bits per heavy atom. The molecule has 1 aliphatic rings. The number of nitrogens with zero attached hydrogens (tertiary/aromatic N) is 2. The maximum absolute atomic E-state index is 6.02. The monoisotopic (exact) mass is 307 g/mol. The predicted octanol–water partition coefficient (Wildman–Crippen LogP) is 3.81. The molecule has 1 fully saturated rings. The van der Waals surface area contributed by atoms with E-state index in [1.54, 1.807) is 6.20 Å². The maximum Gasteiger partial charge on any atom is 0.126 e. The second kappa shape index (κ2) is 5.57. The van der Waals surface area contributed by atoms with Gasteiger partial charge < -0.3 is 11.1 Å². The number of aromatic nitrogens is 3. The minimum absolute atomic E-state index is 0.530. The van der Waals surface area contributed by atoms with Gasteiger partial charge in [0.25, 0.3) is 0 Å². The molecule has 0 spiro atoms. The van der Waals surface area contributed by atoms with Crippen LogP contribution in [0.25, 0.3) is 22.2 Å². The lowest BCUT2D eigenvalue weighted by atomic mass is 10.1. The summed E-state index contributed by atoms with van der Waals surface area (Å²) in [5.74, 6) is 1.35. The SMILES string of the molecule is C[C@@H]1CC[C@@H](Nc2cc(N)nc3cc(-c4ccn[nH]4)ccc23)C1. The number of nitrogens with one attached hydrogen (secondary N) is 2. The zero-order valence-corrected chi connectivity index (χ0v) is 13.2. The van der Waals surface area contributed by atoms with Gasteiger partial charge in [-0.25, -0.2) is 4.98 Å². The van der Waals surface area contributed by atoms with Gasteiger partial charge in [0.1, 0.15) is 5.82 Å². The Bertz CT molecular complexity index is 825. The zero-order chi connectivity index (χ0) is 15.8. The van der Waals surface area contributed by atoms with Crippen LogP contribution < -0.4 is 11.1 Å². The number of fused-ring (bicyclic) bond motifs is 1. The molecular weight excluding hydrogens is 286 g/mol. The van der Waals surface area contributed by atoms with E-state index in [0.717, 1.165) is 33.8 Å². The number of pyridine rings is 1. The van der Waals surface area contributed by atoms with E-state index in [9.17, 15) is 0 Å². The first-order chi connectivity index (χ1) is 11.2. The van der Waals surface area contributed by atoms with Gasteiger partial charge >= 0.3 is 0 Å². The first-order valence-electron chi connectivity index (χ1n) is 8.15. The van der Waals surface area contributed by atoms with E-state index in [-0.39, 0.29) is 0 Å². The third kappa shape index (κ3) is 2.74. The quantitative estimate of drug-likeness (QED) is 0.687. The van der Waals surface area contributed by atoms with Crippen LogP contribution in [0.3, 0.4) is 0 Å². The van der Waals surface area contributed by atoms with Crippen molar-refractivity contribution in [2.24, 2.45) is 5.92 Å². The van der Waals surface area contributed by atoms with Crippen LogP contribution in [0.5, 0.6) is 0 Å². The molecule has 23 heavy (non-hydrogen) atoms. The second-order valence-corrected chi connectivity index (χ2v) is 6.56. The van der Waals surface area contributed by atoms with Crippen molar-refractivity contribution in [2.75, 3.05) is 11.1 Å². The molecule has 1 aliphatic carbocycles. The predicted molar refractivity (Wildman–Crippen MR) is 94.2 cm³/mol. The summed E-state index contributed by atoms with van der Waals surface area (Å²) < 4.78 is 0. The average molecular weight is 307 g/mol. The highest BCUT2D eigenvalue weighted by atomic mass is 15.1. The molecule has 0 unspecified atom stereocenters. The number of nitrogen functional groups attached to an aromatic ring is 1. The van der Waals surface area contributed by atoms with E-state index in [2.05, 4.69) is 45.6 Å². The number of H-pyrrole nitrogens is 1. The fourth-order valence-corrected chi connectivity index (χ4v) is 3.51. The molecule has 0 aliphatic heterocycles. The van der Waals surface area contributed by atoms with Gasteiger partial charge in [0.05, 0.1) is 11.2 Å². The van der Waals surface area contributed by atoms with Gasteiger partial charge in [0, 0.05) is 34.9 Å². The Kier molecular flexibility index (Phi) is 3.41. The molecule has 0 bridgehead atoms. The lowest BCUT2D eigenvalue weighted by molar-refractivity contribution is 0.603. The first kappa shape index (κ1) is 14.1. The molecule has 0 amide bonds. The summed E-state index contributed by atoms with van der Waals surface area (Å²) in [6.45, 7) is 2.32. The third-order valence-electron chi connectivity index (χ3n) is 4.70. The van der Waals surface area contributed by atoms with Crippen molar-refractivity contribution >= 4 is 22.4 Å². The van der Waals surface area contributed by atoms with E-state index in [4.69, 9.17) is 5.73 Å². The molecule has 4 rings (SSSR count). The number of benzene rings is 1. The number of aromatic amines is 1. The van der Waals surface area contributed by atoms with Crippen LogP contribution in [-0.2, 0) is 0 Å². The van der Waals surface area contributed by atoms with Gasteiger partial charge in [-0.15, -0.1) is 0 Å². The van der Waals surface area contributed by atoms with Crippen LogP contribution in [0.4, 0.5) is 11.5 Å². The van der Waals surface area contributed by atoms with Gasteiger partial charge in [-0.1, -0.05) is 19.1 Å². The maximum atomic E-state index is 6.02. The Labute approximate surface area is 135 Å². The minimum atomic E-state index is 0.530. The highest BCUT2D eigenvalue weighted by molar-refractivity contribution is 5.95. The Balaban J connectivity index is 1.73. The van der Waals surface area contributed by atoms with Crippen molar-refractivity contribution in [3.63, 3.8) is 0 Å². The summed E-state index contributed by atoms with van der Waals surface area (Å²) in [5, 5.41) is 11.8. The summed E-state index contributed by atoms with van der Waals surface area (Å²) in [5.41, 5.74) is 10.1. The van der Waals surface area contributed by atoms with Gasteiger partial charge in [-0.2, -0.15) is 5.10 Å². The van der Waals surface area contributed by atoms with Crippen LogP contribution in [0.1, 0.15) is 26.2 Å². The molecule has 2 aromatic heterocycles. The van der Waals surface area contributed by atoms with Gasteiger partial charge in [-0.3, -0.25) is 5.10 Å². The molecule has 5 nitrogen and oxygen atoms in total. The number of rotatable bonds is 3. The minimum Gasteiger partial charge on any atom is -0.384 e. The van der Waals surface area contributed by atoms with Crippen LogP contribution >= 0.6 is 0 Å². The molecular formula is C18H21N5. The molecule has 118 valence electrons. The molecule has 5 heteroatoms. The van der Waals surface area contributed by atoms with Crippen LogP contribution in [0.2, 0.25) is 0 Å². The lowest BCUT2D eigenvalue weighted by Gasteiger charge is -2.16. The summed E-state index contributed by atoms with van der Waals surface area (Å²) in [7, 11) is 0. The van der Waals surface area contributed by atoms with E-state index in [1.165, 1.54) is 19.3 Å². The largest absolute Gasteiger partial charge is 0.384 e. The second-order valence-electron chi connectivity index (χ2n) is 6.56. The Hall–Kier alpha value is -2.56. The van der Waals surface area contributed by atoms with Crippen molar-refractivity contribution in [3.05, 3.63) is 36.5 Å². The van der Waals surface area contributed by atoms with Crippen LogP contribution in [0.15, 0.2) is 36.5 Å². The van der Waals surface area contributed by atoms with Crippen molar-refractivity contribution in [3.8, 4) is 11.3 Å². The standard InChI is InChI=1S/C18H21N5/c1-11-2-4-13(8-11)21-17-10-18(19)22-16-9-12(3-5-14(16)17)15-6-7-20-23-15/h3,5-7,9-11,13H,2,4,8H2,1H3,(H,20,23)(H3,19,21,22)/t11-,13-/m1/s1. The molecule has 4 N–H and O–H groups in total. The molecule has 3 aromatic rings. The van der Waals surface area contributed by atoms with E-state index in [1.807, 2.05) is 12.1 Å². The number of hydrogen-bond donors (Lipinski definition) is 3. The lowest BCUT2D eigenvalue weighted by Crippen LogP contribution is -2.15. The first-order valence-corrected chi connectivity index (χ1v) is 8.15. The van der Waals surface area contributed by atoms with E-state index >= 15 is 0 Å².